The number of carbonyl (C=O) groups excluding carboxylic acids is 1. The van der Waals surface area contributed by atoms with Crippen molar-refractivity contribution in [1.29, 1.82) is 0 Å². The van der Waals surface area contributed by atoms with E-state index in [1.807, 2.05) is 60.7 Å². The summed E-state index contributed by atoms with van der Waals surface area (Å²) in [5.41, 5.74) is 1.91. The van der Waals surface area contributed by atoms with Gasteiger partial charge in [0.1, 0.15) is 11.5 Å². The summed E-state index contributed by atoms with van der Waals surface area (Å²) in [5.74, 6) is 1.06. The van der Waals surface area contributed by atoms with Crippen LogP contribution in [0.1, 0.15) is 11.3 Å². The second-order valence-corrected chi connectivity index (χ2v) is 6.24. The molecule has 1 aliphatic rings. The topological polar surface area (TPSA) is 51.8 Å². The zero-order chi connectivity index (χ0) is 17.2. The quantitative estimate of drug-likeness (QED) is 0.461. The number of rotatable bonds is 3. The number of aliphatic imine (C=N–C) groups is 1. The van der Waals surface area contributed by atoms with Gasteiger partial charge in [-0.2, -0.15) is 0 Å². The minimum absolute atomic E-state index is 0.215. The van der Waals surface area contributed by atoms with Gasteiger partial charge in [-0.15, -0.1) is 0 Å². The van der Waals surface area contributed by atoms with Crippen LogP contribution in [0.15, 0.2) is 86.3 Å². The van der Waals surface area contributed by atoms with E-state index in [-0.39, 0.29) is 5.70 Å². The molecule has 0 fully saturated rings. The summed E-state index contributed by atoms with van der Waals surface area (Å²) in [7, 11) is 0. The smallest absolute Gasteiger partial charge is 0.363 e. The highest BCUT2D eigenvalue weighted by Gasteiger charge is 2.24. The molecule has 1 aliphatic heterocycles. The van der Waals surface area contributed by atoms with Crippen molar-refractivity contribution in [2.75, 3.05) is 0 Å². The molecule has 0 bridgehead atoms. The van der Waals surface area contributed by atoms with Crippen LogP contribution >= 0.6 is 15.9 Å². The van der Waals surface area contributed by atoms with E-state index in [4.69, 9.17) is 9.15 Å². The average Bonchev–Trinajstić information content (AvgIpc) is 3.24. The summed E-state index contributed by atoms with van der Waals surface area (Å²) in [6, 6.07) is 20.7. The van der Waals surface area contributed by atoms with Gasteiger partial charge < -0.3 is 9.15 Å². The number of ether oxygens (including phenoxy) is 1. The highest BCUT2D eigenvalue weighted by Crippen LogP contribution is 2.30. The Kier molecular flexibility index (Phi) is 4.07. The Hall–Kier alpha value is -2.92. The Morgan fingerprint density at radius 1 is 0.920 bits per heavy atom. The predicted octanol–water partition coefficient (Wildman–Crippen LogP) is 5.05. The van der Waals surface area contributed by atoms with E-state index in [0.717, 1.165) is 15.6 Å². The normalized spacial score (nSPS) is 15.3. The summed E-state index contributed by atoms with van der Waals surface area (Å²) >= 11 is 3.50. The maximum atomic E-state index is 12.0. The maximum Gasteiger partial charge on any atom is 0.363 e. The lowest BCUT2D eigenvalue weighted by Gasteiger charge is -1.99. The number of furan rings is 1. The molecule has 3 aromatic rings. The second-order valence-electron chi connectivity index (χ2n) is 5.38. The zero-order valence-corrected chi connectivity index (χ0v) is 14.6. The first-order valence-electron chi connectivity index (χ1n) is 7.63. The van der Waals surface area contributed by atoms with E-state index in [1.165, 1.54) is 0 Å². The van der Waals surface area contributed by atoms with Gasteiger partial charge in [-0.3, -0.25) is 0 Å². The summed E-state index contributed by atoms with van der Waals surface area (Å²) < 4.78 is 12.0. The second kappa shape index (κ2) is 6.53. The van der Waals surface area contributed by atoms with Crippen LogP contribution < -0.4 is 0 Å². The van der Waals surface area contributed by atoms with Gasteiger partial charge in [0.05, 0.1) is 0 Å². The predicted molar refractivity (Wildman–Crippen MR) is 98.9 cm³/mol. The van der Waals surface area contributed by atoms with Crippen LogP contribution in [0.5, 0.6) is 0 Å². The van der Waals surface area contributed by atoms with E-state index >= 15 is 0 Å². The molecule has 0 saturated carbocycles. The summed E-state index contributed by atoms with van der Waals surface area (Å²) in [6.45, 7) is 0. The van der Waals surface area contributed by atoms with Crippen molar-refractivity contribution in [2.45, 2.75) is 0 Å². The lowest BCUT2D eigenvalue weighted by molar-refractivity contribution is -0.129. The minimum atomic E-state index is -0.488. The molecular formula is C20H12BrNO3. The van der Waals surface area contributed by atoms with Crippen LogP contribution in [-0.2, 0) is 9.53 Å². The third kappa shape index (κ3) is 3.19. The highest BCUT2D eigenvalue weighted by atomic mass is 79.9. The Labute approximate surface area is 152 Å². The van der Waals surface area contributed by atoms with E-state index in [1.54, 1.807) is 12.1 Å². The summed E-state index contributed by atoms with van der Waals surface area (Å²) in [4.78, 5) is 16.3. The molecule has 0 unspecified atom stereocenters. The molecule has 1 aromatic heterocycles. The zero-order valence-electron chi connectivity index (χ0n) is 13.0. The molecular weight excluding hydrogens is 382 g/mol. The summed E-state index contributed by atoms with van der Waals surface area (Å²) in [5, 5.41) is 0. The van der Waals surface area contributed by atoms with Crippen molar-refractivity contribution in [3.63, 3.8) is 0 Å². The molecule has 122 valence electrons. The van der Waals surface area contributed by atoms with Gasteiger partial charge in [-0.25, -0.2) is 9.79 Å². The number of benzene rings is 2. The molecule has 0 aliphatic carbocycles. The Bertz CT molecular complexity index is 1000. The number of cyclic esters (lactones) is 1. The monoisotopic (exact) mass is 393 g/mol. The van der Waals surface area contributed by atoms with Crippen molar-refractivity contribution in [1.82, 2.24) is 0 Å². The van der Waals surface area contributed by atoms with Crippen LogP contribution in [0.2, 0.25) is 0 Å². The van der Waals surface area contributed by atoms with Gasteiger partial charge in [-0.05, 0) is 30.3 Å². The largest absolute Gasteiger partial charge is 0.457 e. The van der Waals surface area contributed by atoms with Crippen molar-refractivity contribution < 1.29 is 13.9 Å². The Morgan fingerprint density at radius 3 is 2.48 bits per heavy atom. The minimum Gasteiger partial charge on any atom is -0.457 e. The van der Waals surface area contributed by atoms with Crippen LogP contribution in [0, 0.1) is 0 Å². The van der Waals surface area contributed by atoms with E-state index < -0.39 is 5.97 Å². The fraction of sp³-hybridized carbons (Fsp3) is 0. The molecule has 0 spiro atoms. The first kappa shape index (κ1) is 15.6. The molecule has 0 atom stereocenters. The number of nitrogens with zero attached hydrogens (tertiary/aromatic N) is 1. The molecule has 25 heavy (non-hydrogen) atoms. The van der Waals surface area contributed by atoms with Gasteiger partial charge in [-0.1, -0.05) is 52.3 Å². The van der Waals surface area contributed by atoms with Gasteiger partial charge in [0.2, 0.25) is 5.90 Å². The third-order valence-corrected chi connectivity index (χ3v) is 4.38. The number of hydrogen-bond donors (Lipinski definition) is 0. The molecule has 4 rings (SSSR count). The molecule has 2 heterocycles. The van der Waals surface area contributed by atoms with Gasteiger partial charge in [0.15, 0.2) is 5.70 Å². The molecule has 0 N–H and O–H groups in total. The lowest BCUT2D eigenvalue weighted by atomic mass is 10.2. The van der Waals surface area contributed by atoms with E-state index in [2.05, 4.69) is 20.9 Å². The van der Waals surface area contributed by atoms with Crippen LogP contribution in [-0.4, -0.2) is 11.9 Å². The number of carbonyl (C=O) groups is 1. The van der Waals surface area contributed by atoms with Crippen LogP contribution in [0.25, 0.3) is 17.4 Å². The SMILES string of the molecule is O=C1OC(c2ccccc2)=N/C1=C/c1ccc(-c2ccccc2Br)o1. The van der Waals surface area contributed by atoms with Crippen LogP contribution in [0.4, 0.5) is 0 Å². The number of halogens is 1. The standard InChI is InChI=1S/C20H12BrNO3/c21-16-9-5-4-8-15(16)18-11-10-14(24-18)12-17-20(23)25-19(22-17)13-6-2-1-3-7-13/h1-12H/b17-12+. The fourth-order valence-corrected chi connectivity index (χ4v) is 2.96. The molecule has 0 radical (unpaired) electrons. The molecule has 0 amide bonds. The first-order chi connectivity index (χ1) is 12.2. The lowest BCUT2D eigenvalue weighted by Crippen LogP contribution is -2.04. The maximum absolute atomic E-state index is 12.0. The van der Waals surface area contributed by atoms with Gasteiger partial charge in [0, 0.05) is 21.7 Å². The average molecular weight is 394 g/mol. The molecule has 5 heteroatoms. The molecule has 4 nitrogen and oxygen atoms in total. The van der Waals surface area contributed by atoms with Crippen molar-refractivity contribution >= 4 is 33.9 Å². The summed E-state index contributed by atoms with van der Waals surface area (Å²) in [6.07, 6.45) is 1.58. The van der Waals surface area contributed by atoms with Crippen molar-refractivity contribution in [3.05, 3.63) is 88.2 Å². The van der Waals surface area contributed by atoms with E-state index in [9.17, 15) is 4.79 Å². The Balaban J connectivity index is 1.64. The molecule has 0 saturated heterocycles. The number of hydrogen-bond acceptors (Lipinski definition) is 4. The van der Waals surface area contributed by atoms with Gasteiger partial charge in [0.25, 0.3) is 0 Å². The van der Waals surface area contributed by atoms with Crippen LogP contribution in [0.3, 0.4) is 0 Å². The number of esters is 1. The third-order valence-electron chi connectivity index (χ3n) is 3.69. The Morgan fingerprint density at radius 2 is 1.68 bits per heavy atom. The molecule has 2 aromatic carbocycles. The van der Waals surface area contributed by atoms with Gasteiger partial charge >= 0.3 is 5.97 Å². The highest BCUT2D eigenvalue weighted by molar-refractivity contribution is 9.10. The van der Waals surface area contributed by atoms with Crippen molar-refractivity contribution in [2.24, 2.45) is 4.99 Å². The van der Waals surface area contributed by atoms with E-state index in [0.29, 0.717) is 17.4 Å². The first-order valence-corrected chi connectivity index (χ1v) is 8.43. The van der Waals surface area contributed by atoms with Crippen molar-refractivity contribution in [3.8, 4) is 11.3 Å². The fourth-order valence-electron chi connectivity index (χ4n) is 2.48.